The van der Waals surface area contributed by atoms with Crippen molar-refractivity contribution in [2.75, 3.05) is 44.5 Å². The topological polar surface area (TPSA) is 110 Å². The van der Waals surface area contributed by atoms with E-state index in [1.54, 1.807) is 31.4 Å². The zero-order valence-electron chi connectivity index (χ0n) is 21.4. The van der Waals surface area contributed by atoms with Gasteiger partial charge >= 0.3 is 0 Å². The Morgan fingerprint density at radius 1 is 1.16 bits per heavy atom. The molecule has 0 spiro atoms. The van der Waals surface area contributed by atoms with Gasteiger partial charge in [-0.1, -0.05) is 0 Å². The summed E-state index contributed by atoms with van der Waals surface area (Å²) in [5, 5.41) is 8.76. The Labute approximate surface area is 221 Å². The van der Waals surface area contributed by atoms with Gasteiger partial charge < -0.3 is 20.1 Å². The molecule has 0 saturated carbocycles. The number of ether oxygens (including phenoxy) is 2. The minimum atomic E-state index is -3.66. The van der Waals surface area contributed by atoms with E-state index in [1.807, 2.05) is 38.4 Å². The number of amides is 1. The van der Waals surface area contributed by atoms with Gasteiger partial charge in [0.2, 0.25) is 15.9 Å². The van der Waals surface area contributed by atoms with Gasteiger partial charge in [0, 0.05) is 37.0 Å². The number of piperidine rings is 1. The number of aromatic nitrogens is 1. The maximum absolute atomic E-state index is 13.2. The van der Waals surface area contributed by atoms with Gasteiger partial charge in [-0.3, -0.25) is 4.79 Å². The number of sulfonamides is 1. The largest absolute Gasteiger partial charge is 0.495 e. The highest BCUT2D eigenvalue weighted by Crippen LogP contribution is 2.33. The second-order valence-electron chi connectivity index (χ2n) is 8.73. The Morgan fingerprint density at radius 2 is 1.89 bits per heavy atom. The molecular formula is C26H32N4O5S2. The lowest BCUT2D eigenvalue weighted by atomic mass is 9.97. The molecule has 2 heterocycles. The first-order valence-corrected chi connectivity index (χ1v) is 14.4. The van der Waals surface area contributed by atoms with Gasteiger partial charge in [-0.05, 0) is 68.7 Å². The Bertz CT molecular complexity index is 1370. The zero-order valence-corrected chi connectivity index (χ0v) is 23.0. The third-order valence-electron chi connectivity index (χ3n) is 6.38. The number of rotatable bonds is 9. The molecule has 2 aromatic carbocycles. The molecule has 1 fully saturated rings. The second-order valence-corrected chi connectivity index (χ2v) is 11.5. The van der Waals surface area contributed by atoms with Crippen LogP contribution in [0.2, 0.25) is 0 Å². The van der Waals surface area contributed by atoms with Gasteiger partial charge in [-0.15, -0.1) is 11.3 Å². The van der Waals surface area contributed by atoms with Crippen molar-refractivity contribution in [1.82, 2.24) is 9.29 Å². The number of hydrogen-bond donors (Lipinski definition) is 2. The fourth-order valence-electron chi connectivity index (χ4n) is 4.33. The fraction of sp³-hybridized carbons (Fsp3) is 0.385. The predicted molar refractivity (Wildman–Crippen MR) is 146 cm³/mol. The molecule has 9 nitrogen and oxygen atoms in total. The standard InChI is InChI=1S/C26H32N4O5S2/c1-5-35-23-9-7-20(14-17(23)2)37(32,33)30-12-10-18(11-13-30)25(31)28-21-15-19(6-8-24(21)34-4)22-16-36-26(27-3)29-22/h6-9,14-16,18H,5,10-13H2,1-4H3,(H,27,29)(H,28,31). The molecule has 3 aromatic rings. The number of aryl methyl sites for hydroxylation is 1. The maximum atomic E-state index is 13.2. The van der Waals surface area contributed by atoms with E-state index < -0.39 is 10.0 Å². The number of anilines is 2. The minimum absolute atomic E-state index is 0.154. The van der Waals surface area contributed by atoms with Crippen molar-refractivity contribution in [2.45, 2.75) is 31.6 Å². The number of nitrogens with zero attached hydrogens (tertiary/aromatic N) is 2. The lowest BCUT2D eigenvalue weighted by Crippen LogP contribution is -2.41. The number of carbonyl (C=O) groups excluding carboxylic acids is 1. The van der Waals surface area contributed by atoms with Gasteiger partial charge in [-0.2, -0.15) is 4.31 Å². The van der Waals surface area contributed by atoms with E-state index >= 15 is 0 Å². The summed E-state index contributed by atoms with van der Waals surface area (Å²) in [6.45, 7) is 4.78. The molecule has 0 radical (unpaired) electrons. The summed E-state index contributed by atoms with van der Waals surface area (Å²) < 4.78 is 38.9. The Kier molecular flexibility index (Phi) is 8.35. The van der Waals surface area contributed by atoms with E-state index in [1.165, 1.54) is 15.6 Å². The normalized spacial score (nSPS) is 14.8. The van der Waals surface area contributed by atoms with Crippen molar-refractivity contribution < 1.29 is 22.7 Å². The monoisotopic (exact) mass is 544 g/mol. The fourth-order valence-corrected chi connectivity index (χ4v) is 6.56. The van der Waals surface area contributed by atoms with Crippen LogP contribution in [-0.2, 0) is 14.8 Å². The van der Waals surface area contributed by atoms with E-state index in [9.17, 15) is 13.2 Å². The highest BCUT2D eigenvalue weighted by molar-refractivity contribution is 7.89. The zero-order chi connectivity index (χ0) is 26.6. The van der Waals surface area contributed by atoms with E-state index in [-0.39, 0.29) is 29.8 Å². The van der Waals surface area contributed by atoms with Crippen LogP contribution in [0, 0.1) is 12.8 Å². The lowest BCUT2D eigenvalue weighted by Gasteiger charge is -2.30. The van der Waals surface area contributed by atoms with Gasteiger partial charge in [0.15, 0.2) is 5.13 Å². The van der Waals surface area contributed by atoms with Crippen LogP contribution in [0.4, 0.5) is 10.8 Å². The molecule has 1 amide bonds. The van der Waals surface area contributed by atoms with Crippen LogP contribution in [0.15, 0.2) is 46.7 Å². The van der Waals surface area contributed by atoms with Crippen LogP contribution in [0.5, 0.6) is 11.5 Å². The molecular weight excluding hydrogens is 512 g/mol. The summed E-state index contributed by atoms with van der Waals surface area (Å²) >= 11 is 1.50. The van der Waals surface area contributed by atoms with Crippen LogP contribution in [0.25, 0.3) is 11.3 Å². The summed E-state index contributed by atoms with van der Waals surface area (Å²) in [5.74, 6) is 0.760. The van der Waals surface area contributed by atoms with Crippen LogP contribution in [0.3, 0.4) is 0 Å². The van der Waals surface area contributed by atoms with Crippen molar-refractivity contribution in [3.63, 3.8) is 0 Å². The Balaban J connectivity index is 1.43. The molecule has 1 saturated heterocycles. The smallest absolute Gasteiger partial charge is 0.243 e. The summed E-state index contributed by atoms with van der Waals surface area (Å²) in [6, 6.07) is 10.5. The molecule has 11 heteroatoms. The Hall–Kier alpha value is -3.15. The predicted octanol–water partition coefficient (Wildman–Crippen LogP) is 4.61. The summed E-state index contributed by atoms with van der Waals surface area (Å²) in [7, 11) is -0.285. The third kappa shape index (κ3) is 5.89. The lowest BCUT2D eigenvalue weighted by molar-refractivity contribution is -0.120. The molecule has 2 N–H and O–H groups in total. The first kappa shape index (κ1) is 26.9. The van der Waals surface area contributed by atoms with E-state index in [4.69, 9.17) is 9.47 Å². The van der Waals surface area contributed by atoms with Gasteiger partial charge in [0.05, 0.1) is 30.0 Å². The number of nitrogens with one attached hydrogen (secondary N) is 2. The first-order valence-electron chi connectivity index (χ1n) is 12.1. The molecule has 1 aliphatic rings. The number of hydrogen-bond acceptors (Lipinski definition) is 8. The van der Waals surface area contributed by atoms with Gasteiger partial charge in [-0.25, -0.2) is 13.4 Å². The molecule has 0 bridgehead atoms. The van der Waals surface area contributed by atoms with Crippen LogP contribution in [0.1, 0.15) is 25.3 Å². The molecule has 1 aromatic heterocycles. The highest BCUT2D eigenvalue weighted by atomic mass is 32.2. The molecule has 0 unspecified atom stereocenters. The number of thiazole rings is 1. The SMILES string of the molecule is CCOc1ccc(S(=O)(=O)N2CCC(C(=O)Nc3cc(-c4csc(NC)n4)ccc3OC)CC2)cc1C. The Morgan fingerprint density at radius 3 is 2.51 bits per heavy atom. The van der Waals surface area contributed by atoms with Crippen molar-refractivity contribution in [3.05, 3.63) is 47.3 Å². The molecule has 1 aliphatic heterocycles. The molecule has 4 rings (SSSR count). The average molecular weight is 545 g/mol. The number of carbonyl (C=O) groups is 1. The average Bonchev–Trinajstić information content (AvgIpc) is 3.39. The summed E-state index contributed by atoms with van der Waals surface area (Å²) in [4.78, 5) is 17.9. The summed E-state index contributed by atoms with van der Waals surface area (Å²) in [6.07, 6.45) is 0.862. The van der Waals surface area contributed by atoms with Crippen molar-refractivity contribution in [1.29, 1.82) is 0 Å². The van der Waals surface area contributed by atoms with Crippen molar-refractivity contribution >= 4 is 38.1 Å². The molecule has 0 aliphatic carbocycles. The van der Waals surface area contributed by atoms with Gasteiger partial charge in [0.1, 0.15) is 11.5 Å². The van der Waals surface area contributed by atoms with Crippen molar-refractivity contribution in [3.8, 4) is 22.8 Å². The molecule has 0 atom stereocenters. The molecule has 37 heavy (non-hydrogen) atoms. The van der Waals surface area contributed by atoms with E-state index in [0.717, 1.165) is 22.0 Å². The molecule has 198 valence electrons. The van der Waals surface area contributed by atoms with Gasteiger partial charge in [0.25, 0.3) is 0 Å². The van der Waals surface area contributed by atoms with Crippen LogP contribution >= 0.6 is 11.3 Å². The summed E-state index contributed by atoms with van der Waals surface area (Å²) in [5.41, 5.74) is 2.99. The number of benzene rings is 2. The van der Waals surface area contributed by atoms with Crippen LogP contribution < -0.4 is 20.1 Å². The second kappa shape index (κ2) is 11.5. The maximum Gasteiger partial charge on any atom is 0.243 e. The highest BCUT2D eigenvalue weighted by Gasteiger charge is 2.32. The van der Waals surface area contributed by atoms with E-state index in [2.05, 4.69) is 15.6 Å². The quantitative estimate of drug-likeness (QED) is 0.405. The van der Waals surface area contributed by atoms with E-state index in [0.29, 0.717) is 36.6 Å². The minimum Gasteiger partial charge on any atom is -0.495 e. The number of methoxy groups -OCH3 is 1. The first-order chi connectivity index (χ1) is 17.8. The van der Waals surface area contributed by atoms with Crippen LogP contribution in [-0.4, -0.2) is 57.5 Å². The third-order valence-corrected chi connectivity index (χ3v) is 9.13. The van der Waals surface area contributed by atoms with Crippen molar-refractivity contribution in [2.24, 2.45) is 5.92 Å².